The number of halogens is 3. The van der Waals surface area contributed by atoms with Crippen LogP contribution in [0.2, 0.25) is 0 Å². The standard InChI is InChI=1S/C4H6F3NO/c1-2-3(8-9)4(5,6)7/h9H,2H2,1H3/b8-3+. The van der Waals surface area contributed by atoms with Gasteiger partial charge in [0.05, 0.1) is 0 Å². The predicted molar refractivity (Wildman–Crippen MR) is 25.6 cm³/mol. The van der Waals surface area contributed by atoms with E-state index in [0.29, 0.717) is 0 Å². The van der Waals surface area contributed by atoms with Crippen LogP contribution in [0.4, 0.5) is 13.2 Å². The van der Waals surface area contributed by atoms with Crippen LogP contribution in [0.1, 0.15) is 13.3 Å². The Morgan fingerprint density at radius 2 is 2.00 bits per heavy atom. The Hall–Kier alpha value is -0.740. The summed E-state index contributed by atoms with van der Waals surface area (Å²) in [6, 6.07) is 0. The van der Waals surface area contributed by atoms with Gasteiger partial charge in [0.25, 0.3) is 0 Å². The van der Waals surface area contributed by atoms with Crippen LogP contribution in [-0.4, -0.2) is 17.1 Å². The largest absolute Gasteiger partial charge is 0.432 e. The lowest BCUT2D eigenvalue weighted by Gasteiger charge is -2.03. The second kappa shape index (κ2) is 2.70. The Morgan fingerprint density at radius 3 is 2.00 bits per heavy atom. The van der Waals surface area contributed by atoms with Crippen LogP contribution in [0, 0.1) is 0 Å². The smallest absolute Gasteiger partial charge is 0.411 e. The van der Waals surface area contributed by atoms with Crippen molar-refractivity contribution >= 4 is 5.71 Å². The summed E-state index contributed by atoms with van der Waals surface area (Å²) in [4.78, 5) is 0. The third-order valence-corrected chi connectivity index (χ3v) is 0.783. The van der Waals surface area contributed by atoms with Crippen LogP contribution < -0.4 is 0 Å². The summed E-state index contributed by atoms with van der Waals surface area (Å²) in [5, 5.41) is 9.80. The van der Waals surface area contributed by atoms with E-state index in [4.69, 9.17) is 5.21 Å². The van der Waals surface area contributed by atoms with E-state index < -0.39 is 11.9 Å². The maximum Gasteiger partial charge on any atom is 0.432 e. The molecule has 0 amide bonds. The van der Waals surface area contributed by atoms with Crippen molar-refractivity contribution in [1.29, 1.82) is 0 Å². The summed E-state index contributed by atoms with van der Waals surface area (Å²) < 4.78 is 34.3. The molecule has 0 saturated carbocycles. The molecule has 0 unspecified atom stereocenters. The van der Waals surface area contributed by atoms with Gasteiger partial charge in [0, 0.05) is 0 Å². The van der Waals surface area contributed by atoms with E-state index in [2.05, 4.69) is 5.16 Å². The summed E-state index contributed by atoms with van der Waals surface area (Å²) in [7, 11) is 0. The maximum atomic E-state index is 11.4. The van der Waals surface area contributed by atoms with Gasteiger partial charge in [-0.1, -0.05) is 12.1 Å². The average Bonchev–Trinajstić information content (AvgIpc) is 1.65. The fraction of sp³-hybridized carbons (Fsp3) is 0.750. The van der Waals surface area contributed by atoms with Crippen LogP contribution >= 0.6 is 0 Å². The molecule has 0 heterocycles. The first kappa shape index (κ1) is 8.26. The van der Waals surface area contributed by atoms with E-state index in [1.807, 2.05) is 0 Å². The zero-order chi connectivity index (χ0) is 7.49. The van der Waals surface area contributed by atoms with Gasteiger partial charge in [-0.05, 0) is 6.42 Å². The Labute approximate surface area is 50.0 Å². The van der Waals surface area contributed by atoms with Gasteiger partial charge in [-0.25, -0.2) is 0 Å². The molecule has 0 radical (unpaired) electrons. The zero-order valence-electron chi connectivity index (χ0n) is 4.74. The summed E-state index contributed by atoms with van der Waals surface area (Å²) in [5.74, 6) is 0. The van der Waals surface area contributed by atoms with Crippen molar-refractivity contribution in [1.82, 2.24) is 0 Å². The first-order valence-corrected chi connectivity index (χ1v) is 2.30. The second-order valence-electron chi connectivity index (χ2n) is 1.40. The first-order valence-electron chi connectivity index (χ1n) is 2.30. The normalized spacial score (nSPS) is 14.0. The molecule has 0 spiro atoms. The van der Waals surface area contributed by atoms with Crippen LogP contribution in [0.3, 0.4) is 0 Å². The molecular formula is C4H6F3NO. The van der Waals surface area contributed by atoms with Crippen LogP contribution in [-0.2, 0) is 0 Å². The van der Waals surface area contributed by atoms with Gasteiger partial charge in [-0.3, -0.25) is 0 Å². The predicted octanol–water partition coefficient (Wildman–Crippen LogP) is 1.79. The van der Waals surface area contributed by atoms with Crippen molar-refractivity contribution in [3.63, 3.8) is 0 Å². The van der Waals surface area contributed by atoms with E-state index in [1.54, 1.807) is 0 Å². The molecule has 0 rings (SSSR count). The third kappa shape index (κ3) is 2.34. The molecule has 0 aliphatic heterocycles. The molecule has 0 aliphatic rings. The Bertz CT molecular complexity index is 117. The Morgan fingerprint density at radius 1 is 1.56 bits per heavy atom. The van der Waals surface area contributed by atoms with Gasteiger partial charge in [0.2, 0.25) is 0 Å². The highest BCUT2D eigenvalue weighted by Gasteiger charge is 2.34. The highest BCUT2D eigenvalue weighted by atomic mass is 19.4. The molecule has 5 heteroatoms. The summed E-state index contributed by atoms with van der Waals surface area (Å²) in [5.41, 5.74) is -1.15. The molecule has 0 atom stereocenters. The average molecular weight is 141 g/mol. The van der Waals surface area contributed by atoms with E-state index in [9.17, 15) is 13.2 Å². The van der Waals surface area contributed by atoms with Gasteiger partial charge in [-0.2, -0.15) is 13.2 Å². The zero-order valence-corrected chi connectivity index (χ0v) is 4.74. The molecule has 0 aromatic carbocycles. The monoisotopic (exact) mass is 141 g/mol. The van der Waals surface area contributed by atoms with Gasteiger partial charge in [-0.15, -0.1) is 0 Å². The van der Waals surface area contributed by atoms with E-state index in [1.165, 1.54) is 6.92 Å². The van der Waals surface area contributed by atoms with E-state index in [0.717, 1.165) is 0 Å². The lowest BCUT2D eigenvalue weighted by atomic mass is 10.3. The van der Waals surface area contributed by atoms with Crippen molar-refractivity contribution in [2.45, 2.75) is 19.5 Å². The first-order chi connectivity index (χ1) is 4.02. The van der Waals surface area contributed by atoms with Gasteiger partial charge >= 0.3 is 6.18 Å². The molecule has 54 valence electrons. The quantitative estimate of drug-likeness (QED) is 0.337. The molecule has 0 aromatic heterocycles. The minimum atomic E-state index is -4.48. The summed E-state index contributed by atoms with van der Waals surface area (Å²) in [6.45, 7) is 1.27. The lowest BCUT2D eigenvalue weighted by molar-refractivity contribution is -0.0624. The molecule has 0 saturated heterocycles. The second-order valence-corrected chi connectivity index (χ2v) is 1.40. The Kier molecular flexibility index (Phi) is 2.48. The Balaban J connectivity index is 4.14. The molecule has 9 heavy (non-hydrogen) atoms. The number of nitrogens with zero attached hydrogens (tertiary/aromatic N) is 1. The van der Waals surface area contributed by atoms with Crippen molar-refractivity contribution in [3.8, 4) is 0 Å². The topological polar surface area (TPSA) is 32.6 Å². The van der Waals surface area contributed by atoms with Crippen LogP contribution in [0.5, 0.6) is 0 Å². The number of hydrogen-bond donors (Lipinski definition) is 1. The lowest BCUT2D eigenvalue weighted by Crippen LogP contribution is -2.21. The fourth-order valence-electron chi connectivity index (χ4n) is 0.328. The SMILES string of the molecule is CC/C(=N\O)C(F)(F)F. The molecule has 0 fully saturated rings. The summed E-state index contributed by atoms with van der Waals surface area (Å²) in [6.07, 6.45) is -4.79. The summed E-state index contributed by atoms with van der Waals surface area (Å²) >= 11 is 0. The van der Waals surface area contributed by atoms with Crippen LogP contribution in [0.25, 0.3) is 0 Å². The van der Waals surface area contributed by atoms with Crippen LogP contribution in [0.15, 0.2) is 5.16 Å². The molecule has 0 aromatic rings. The van der Waals surface area contributed by atoms with Crippen molar-refractivity contribution in [2.75, 3.05) is 0 Å². The van der Waals surface area contributed by atoms with E-state index >= 15 is 0 Å². The number of oxime groups is 1. The molecule has 0 bridgehead atoms. The third-order valence-electron chi connectivity index (χ3n) is 0.783. The molecule has 0 aliphatic carbocycles. The maximum absolute atomic E-state index is 11.4. The molecular weight excluding hydrogens is 135 g/mol. The van der Waals surface area contributed by atoms with Crippen molar-refractivity contribution in [3.05, 3.63) is 0 Å². The van der Waals surface area contributed by atoms with Gasteiger partial charge < -0.3 is 5.21 Å². The van der Waals surface area contributed by atoms with Crippen molar-refractivity contribution < 1.29 is 18.4 Å². The molecule has 2 nitrogen and oxygen atoms in total. The highest BCUT2D eigenvalue weighted by Crippen LogP contribution is 2.18. The van der Waals surface area contributed by atoms with E-state index in [-0.39, 0.29) is 6.42 Å². The highest BCUT2D eigenvalue weighted by molar-refractivity contribution is 5.88. The van der Waals surface area contributed by atoms with Gasteiger partial charge in [0.15, 0.2) is 5.71 Å². The number of rotatable bonds is 1. The fourth-order valence-corrected chi connectivity index (χ4v) is 0.328. The van der Waals surface area contributed by atoms with Crippen molar-refractivity contribution in [2.24, 2.45) is 5.16 Å². The number of alkyl halides is 3. The minimum Gasteiger partial charge on any atom is -0.411 e. The molecule has 1 N–H and O–H groups in total. The minimum absolute atomic E-state index is 0.306. The van der Waals surface area contributed by atoms with Gasteiger partial charge in [0.1, 0.15) is 0 Å². The number of hydrogen-bond acceptors (Lipinski definition) is 2.